The van der Waals surface area contributed by atoms with Crippen molar-refractivity contribution in [3.63, 3.8) is 0 Å². The van der Waals surface area contributed by atoms with Crippen molar-refractivity contribution in [2.24, 2.45) is 0 Å². The minimum Gasteiger partial charge on any atom is -0.494 e. The van der Waals surface area contributed by atoms with E-state index in [1.807, 2.05) is 6.07 Å². The van der Waals surface area contributed by atoms with E-state index in [0.717, 1.165) is 51.1 Å². The highest BCUT2D eigenvalue weighted by atomic mass is 19.1. The van der Waals surface area contributed by atoms with Gasteiger partial charge < -0.3 is 10.1 Å². The monoisotopic (exact) mass is 391 g/mol. The lowest BCUT2D eigenvalue weighted by atomic mass is 9.97. The Balaban J connectivity index is 1.38. The lowest BCUT2D eigenvalue weighted by Gasteiger charge is -2.34. The Morgan fingerprint density at radius 1 is 1.07 bits per heavy atom. The maximum atomic E-state index is 13.9. The average molecular weight is 392 g/mol. The Bertz CT molecular complexity index is 624. The summed E-state index contributed by atoms with van der Waals surface area (Å²) in [6.07, 6.45) is 8.65. The second-order valence-corrected chi connectivity index (χ2v) is 8.13. The van der Waals surface area contributed by atoms with Crippen LogP contribution in [0.3, 0.4) is 0 Å². The number of benzene rings is 1. The molecule has 0 atom stereocenters. The van der Waals surface area contributed by atoms with Crippen LogP contribution < -0.4 is 10.1 Å². The number of hydrogen-bond donors (Lipinski definition) is 1. The number of ether oxygens (including phenoxy) is 1. The first-order valence-electron chi connectivity index (χ1n) is 10.7. The van der Waals surface area contributed by atoms with Crippen molar-refractivity contribution in [3.05, 3.63) is 29.6 Å². The van der Waals surface area contributed by atoms with E-state index in [-0.39, 0.29) is 17.5 Å². The highest BCUT2D eigenvalue weighted by Crippen LogP contribution is 2.19. The number of nitrogens with one attached hydrogen (secondary N) is 1. The van der Waals surface area contributed by atoms with Gasteiger partial charge >= 0.3 is 0 Å². The maximum Gasteiger partial charge on any atom is 0.234 e. The zero-order valence-corrected chi connectivity index (χ0v) is 17.1. The molecule has 156 valence electrons. The molecule has 1 aromatic carbocycles. The van der Waals surface area contributed by atoms with Crippen molar-refractivity contribution >= 4 is 5.91 Å². The second kappa shape index (κ2) is 10.8. The van der Waals surface area contributed by atoms with Gasteiger partial charge in [0.05, 0.1) is 13.7 Å². The number of piperazine rings is 1. The van der Waals surface area contributed by atoms with Gasteiger partial charge in [0, 0.05) is 38.8 Å². The van der Waals surface area contributed by atoms with Gasteiger partial charge in [-0.3, -0.25) is 14.6 Å². The summed E-state index contributed by atoms with van der Waals surface area (Å²) in [4.78, 5) is 17.0. The van der Waals surface area contributed by atoms with Gasteiger partial charge in [0.2, 0.25) is 5.91 Å². The van der Waals surface area contributed by atoms with Gasteiger partial charge in [-0.15, -0.1) is 0 Å². The van der Waals surface area contributed by atoms with Crippen molar-refractivity contribution in [1.82, 2.24) is 15.1 Å². The lowest BCUT2D eigenvalue weighted by molar-refractivity contribution is -0.123. The van der Waals surface area contributed by atoms with Crippen LogP contribution in [-0.4, -0.2) is 61.6 Å². The number of amides is 1. The largest absolute Gasteiger partial charge is 0.494 e. The third-order valence-electron chi connectivity index (χ3n) is 5.92. The molecule has 2 fully saturated rings. The summed E-state index contributed by atoms with van der Waals surface area (Å²) in [6.45, 7) is 4.74. The standard InChI is InChI=1S/C22H34FN3O2/c1-28-21-10-9-18(15-20(21)23)16-25-11-13-26(14-12-25)17-22(27)24-19-7-5-3-2-4-6-8-19/h9-10,15,19H,2-8,11-14,16-17H2,1H3,(H,24,27). The normalized spacial score (nSPS) is 20.4. The smallest absolute Gasteiger partial charge is 0.234 e. The molecule has 1 aliphatic carbocycles. The number of hydrogen-bond acceptors (Lipinski definition) is 4. The van der Waals surface area contributed by atoms with E-state index in [0.29, 0.717) is 12.6 Å². The molecule has 0 spiro atoms. The first-order chi connectivity index (χ1) is 13.6. The predicted octanol–water partition coefficient (Wildman–Crippen LogP) is 3.18. The van der Waals surface area contributed by atoms with E-state index in [4.69, 9.17) is 4.74 Å². The molecule has 1 saturated heterocycles. The molecule has 28 heavy (non-hydrogen) atoms. The van der Waals surface area contributed by atoms with Crippen molar-refractivity contribution in [2.45, 2.75) is 57.5 Å². The number of carbonyl (C=O) groups is 1. The molecular formula is C22H34FN3O2. The van der Waals surface area contributed by atoms with Crippen LogP contribution in [0.2, 0.25) is 0 Å². The Kier molecular flexibility index (Phi) is 8.10. The first kappa shape index (κ1) is 21.1. The van der Waals surface area contributed by atoms with Crippen LogP contribution in [0.25, 0.3) is 0 Å². The first-order valence-corrected chi connectivity index (χ1v) is 10.7. The van der Waals surface area contributed by atoms with Crippen molar-refractivity contribution in [2.75, 3.05) is 39.8 Å². The summed E-state index contributed by atoms with van der Waals surface area (Å²) in [5.41, 5.74) is 0.953. The summed E-state index contributed by atoms with van der Waals surface area (Å²) >= 11 is 0. The molecule has 2 aliphatic rings. The SMILES string of the molecule is COc1ccc(CN2CCN(CC(=O)NC3CCCCCCC3)CC2)cc1F. The number of nitrogens with zero attached hydrogens (tertiary/aromatic N) is 2. The molecule has 0 aromatic heterocycles. The van der Waals surface area contributed by atoms with Crippen LogP contribution in [0.4, 0.5) is 4.39 Å². The number of carbonyl (C=O) groups excluding carboxylic acids is 1. The van der Waals surface area contributed by atoms with E-state index in [2.05, 4.69) is 15.1 Å². The van der Waals surface area contributed by atoms with Crippen LogP contribution in [0.15, 0.2) is 18.2 Å². The minimum absolute atomic E-state index is 0.163. The highest BCUT2D eigenvalue weighted by Gasteiger charge is 2.21. The number of methoxy groups -OCH3 is 1. The highest BCUT2D eigenvalue weighted by molar-refractivity contribution is 5.78. The van der Waals surface area contributed by atoms with Gasteiger partial charge in [-0.1, -0.05) is 38.2 Å². The van der Waals surface area contributed by atoms with Crippen LogP contribution in [-0.2, 0) is 11.3 Å². The van der Waals surface area contributed by atoms with Crippen LogP contribution in [0.5, 0.6) is 5.75 Å². The molecule has 1 amide bonds. The molecular weight excluding hydrogens is 357 g/mol. The predicted molar refractivity (Wildman–Crippen MR) is 109 cm³/mol. The average Bonchev–Trinajstić information content (AvgIpc) is 2.66. The minimum atomic E-state index is -0.315. The summed E-state index contributed by atoms with van der Waals surface area (Å²) in [6, 6.07) is 5.50. The summed E-state index contributed by atoms with van der Waals surface area (Å²) in [5.74, 6) is 0.129. The van der Waals surface area contributed by atoms with Crippen molar-refractivity contribution in [1.29, 1.82) is 0 Å². The zero-order chi connectivity index (χ0) is 19.8. The Morgan fingerprint density at radius 2 is 1.71 bits per heavy atom. The van der Waals surface area contributed by atoms with Gasteiger partial charge in [-0.05, 0) is 30.5 Å². The lowest BCUT2D eigenvalue weighted by Crippen LogP contribution is -2.50. The summed E-state index contributed by atoms with van der Waals surface area (Å²) < 4.78 is 18.8. The zero-order valence-electron chi connectivity index (χ0n) is 17.1. The molecule has 5 nitrogen and oxygen atoms in total. The van der Waals surface area contributed by atoms with E-state index in [1.165, 1.54) is 39.2 Å². The van der Waals surface area contributed by atoms with E-state index < -0.39 is 0 Å². The second-order valence-electron chi connectivity index (χ2n) is 8.13. The molecule has 0 radical (unpaired) electrons. The Hall–Kier alpha value is -1.66. The molecule has 1 N–H and O–H groups in total. The molecule has 6 heteroatoms. The molecule has 1 aliphatic heterocycles. The van der Waals surface area contributed by atoms with Crippen molar-refractivity contribution in [3.8, 4) is 5.75 Å². The fourth-order valence-electron chi connectivity index (χ4n) is 4.25. The Morgan fingerprint density at radius 3 is 2.36 bits per heavy atom. The summed E-state index contributed by atoms with van der Waals surface area (Å²) in [5, 5.41) is 3.25. The molecule has 0 unspecified atom stereocenters. The third-order valence-corrected chi connectivity index (χ3v) is 5.92. The molecule has 0 bridgehead atoms. The number of halogens is 1. The van der Waals surface area contributed by atoms with E-state index in [9.17, 15) is 9.18 Å². The quantitative estimate of drug-likeness (QED) is 0.809. The van der Waals surface area contributed by atoms with E-state index >= 15 is 0 Å². The van der Waals surface area contributed by atoms with Crippen LogP contribution in [0.1, 0.15) is 50.5 Å². The maximum absolute atomic E-state index is 13.9. The fourth-order valence-corrected chi connectivity index (χ4v) is 4.25. The topological polar surface area (TPSA) is 44.8 Å². The van der Waals surface area contributed by atoms with Gasteiger partial charge in [-0.2, -0.15) is 0 Å². The van der Waals surface area contributed by atoms with Crippen LogP contribution in [0, 0.1) is 5.82 Å². The molecule has 1 heterocycles. The molecule has 3 rings (SSSR count). The fraction of sp³-hybridized carbons (Fsp3) is 0.682. The van der Waals surface area contributed by atoms with Crippen molar-refractivity contribution < 1.29 is 13.9 Å². The van der Waals surface area contributed by atoms with Crippen LogP contribution >= 0.6 is 0 Å². The Labute approximate surface area is 168 Å². The number of rotatable bonds is 6. The van der Waals surface area contributed by atoms with Gasteiger partial charge in [-0.25, -0.2) is 4.39 Å². The summed E-state index contributed by atoms with van der Waals surface area (Å²) in [7, 11) is 1.48. The third kappa shape index (κ3) is 6.45. The van der Waals surface area contributed by atoms with E-state index in [1.54, 1.807) is 12.1 Å². The van der Waals surface area contributed by atoms with Gasteiger partial charge in [0.1, 0.15) is 0 Å². The molecule has 1 aromatic rings. The van der Waals surface area contributed by atoms with Gasteiger partial charge in [0.15, 0.2) is 11.6 Å². The molecule has 1 saturated carbocycles. The van der Waals surface area contributed by atoms with Gasteiger partial charge in [0.25, 0.3) is 0 Å².